The van der Waals surface area contributed by atoms with Crippen LogP contribution in [0.25, 0.3) is 10.8 Å². The van der Waals surface area contributed by atoms with Gasteiger partial charge < -0.3 is 24.1 Å². The highest BCUT2D eigenvalue weighted by Gasteiger charge is 2.56. The maximum absolute atomic E-state index is 12.8. The highest BCUT2D eigenvalue weighted by molar-refractivity contribution is 6.99. The van der Waals surface area contributed by atoms with Crippen molar-refractivity contribution in [3.8, 4) is 0 Å². The Hall–Kier alpha value is -3.31. The number of fused-ring (bicyclic) bond motifs is 1. The molecule has 1 saturated carbocycles. The van der Waals surface area contributed by atoms with Crippen LogP contribution in [-0.2, 0) is 18.7 Å². The average Bonchev–Trinajstić information content (AvgIpc) is 3.47. The molecule has 1 aliphatic carbocycles. The highest BCUT2D eigenvalue weighted by atomic mass is 35.5. The lowest BCUT2D eigenvalue weighted by Crippen LogP contribution is -2.71. The first-order valence-electron chi connectivity index (χ1n) is 17.8. The molecule has 2 atom stereocenters. The van der Waals surface area contributed by atoms with Gasteiger partial charge in [0.1, 0.15) is 5.82 Å². The molecule has 3 fully saturated rings. The molecule has 0 spiro atoms. The number of pyridine rings is 1. The summed E-state index contributed by atoms with van der Waals surface area (Å²) in [6, 6.07) is 27.8. The van der Waals surface area contributed by atoms with Gasteiger partial charge in [0.15, 0.2) is 0 Å². The van der Waals surface area contributed by atoms with E-state index < -0.39 is 8.32 Å². The number of carbonyl (C=O) groups excluding carboxylic acids is 1. The first-order chi connectivity index (χ1) is 24.0. The van der Waals surface area contributed by atoms with E-state index in [-0.39, 0.29) is 34.6 Å². The Morgan fingerprint density at radius 1 is 0.960 bits per heavy atom. The fourth-order valence-electron chi connectivity index (χ4n) is 8.13. The minimum Gasteiger partial charge on any atom is -0.400 e. The summed E-state index contributed by atoms with van der Waals surface area (Å²) in [5.74, 6) is 0.523. The van der Waals surface area contributed by atoms with Crippen molar-refractivity contribution >= 4 is 58.5 Å². The Morgan fingerprint density at radius 3 is 2.20 bits per heavy atom. The molecule has 2 saturated heterocycles. The quantitative estimate of drug-likeness (QED) is 0.210. The second-order valence-electron chi connectivity index (χ2n) is 15.4. The third kappa shape index (κ3) is 6.48. The fraction of sp³-hybridized carbons (Fsp3) is 0.450. The number of hydrogen-bond acceptors (Lipinski definition) is 7. The maximum Gasteiger partial charge on any atom is 0.261 e. The molecular formula is C40H49ClN4O4Si. The van der Waals surface area contributed by atoms with Gasteiger partial charge in [-0.1, -0.05) is 93.0 Å². The number of hydrogen-bond donors (Lipinski definition) is 1. The SMILES string of the molecule is COC1CC(C(=O)Nc2cc3cc(N4CCN(C5(C)COCC5O[Si](c5ccccc5)(c5ccccc5)C(C)(C)C)CC4)c(Cl)cc3cn2)C1. The fourth-order valence-corrected chi connectivity index (χ4v) is 13.2. The van der Waals surface area contributed by atoms with Crippen LogP contribution in [0.2, 0.25) is 10.1 Å². The van der Waals surface area contributed by atoms with Gasteiger partial charge in [0.25, 0.3) is 8.32 Å². The van der Waals surface area contributed by atoms with E-state index >= 15 is 0 Å². The first-order valence-corrected chi connectivity index (χ1v) is 20.1. The molecule has 1 aromatic heterocycles. The second-order valence-corrected chi connectivity index (χ2v) is 20.0. The van der Waals surface area contributed by atoms with E-state index in [0.717, 1.165) is 55.5 Å². The molecule has 7 rings (SSSR count). The largest absolute Gasteiger partial charge is 0.400 e. The maximum atomic E-state index is 12.8. The van der Waals surface area contributed by atoms with Gasteiger partial charge in [0, 0.05) is 50.8 Å². The van der Waals surface area contributed by atoms with E-state index in [2.05, 4.69) is 115 Å². The van der Waals surface area contributed by atoms with Crippen molar-refractivity contribution < 1.29 is 18.7 Å². The number of methoxy groups -OCH3 is 1. The third-order valence-corrected chi connectivity index (χ3v) is 16.6. The van der Waals surface area contributed by atoms with Crippen LogP contribution in [0.3, 0.4) is 0 Å². The molecular weight excluding hydrogens is 664 g/mol. The molecule has 1 N–H and O–H groups in total. The second kappa shape index (κ2) is 14.0. The summed E-state index contributed by atoms with van der Waals surface area (Å²) in [7, 11) is -1.07. The van der Waals surface area contributed by atoms with Crippen molar-refractivity contribution in [2.75, 3.05) is 56.7 Å². The summed E-state index contributed by atoms with van der Waals surface area (Å²) in [6.07, 6.45) is 3.36. The van der Waals surface area contributed by atoms with Crippen LogP contribution in [-0.4, -0.2) is 88.4 Å². The van der Waals surface area contributed by atoms with Gasteiger partial charge in [-0.2, -0.15) is 0 Å². The van der Waals surface area contributed by atoms with Crippen LogP contribution in [0.5, 0.6) is 0 Å². The Balaban J connectivity index is 1.09. The summed E-state index contributed by atoms with van der Waals surface area (Å²) in [5.41, 5.74) is 0.714. The minimum absolute atomic E-state index is 0.00271. The van der Waals surface area contributed by atoms with Crippen LogP contribution in [0.1, 0.15) is 40.5 Å². The van der Waals surface area contributed by atoms with Gasteiger partial charge in [0.05, 0.1) is 41.7 Å². The van der Waals surface area contributed by atoms with Crippen molar-refractivity contribution in [3.63, 3.8) is 0 Å². The molecule has 3 aromatic carbocycles. The van der Waals surface area contributed by atoms with Crippen LogP contribution in [0, 0.1) is 5.92 Å². The van der Waals surface area contributed by atoms with Gasteiger partial charge in [0.2, 0.25) is 5.91 Å². The molecule has 3 aliphatic rings. The van der Waals surface area contributed by atoms with Gasteiger partial charge >= 0.3 is 0 Å². The number of amides is 1. The molecule has 50 heavy (non-hydrogen) atoms. The Kier molecular flexibility index (Phi) is 9.84. The number of aromatic nitrogens is 1. The molecule has 2 aliphatic heterocycles. The van der Waals surface area contributed by atoms with Gasteiger partial charge in [-0.05, 0) is 58.8 Å². The van der Waals surface area contributed by atoms with E-state index in [1.54, 1.807) is 13.3 Å². The lowest BCUT2D eigenvalue weighted by atomic mass is 9.81. The van der Waals surface area contributed by atoms with Crippen molar-refractivity contribution in [2.45, 2.75) is 63.3 Å². The molecule has 2 unspecified atom stereocenters. The lowest BCUT2D eigenvalue weighted by Gasteiger charge is -2.50. The summed E-state index contributed by atoms with van der Waals surface area (Å²) in [6.45, 7) is 13.9. The molecule has 3 heterocycles. The number of carbonyl (C=O) groups is 1. The zero-order valence-corrected chi connectivity index (χ0v) is 31.6. The number of halogens is 1. The predicted octanol–water partition coefficient (Wildman–Crippen LogP) is 6.11. The molecule has 0 radical (unpaired) electrons. The number of rotatable bonds is 9. The van der Waals surface area contributed by atoms with Crippen LogP contribution in [0.15, 0.2) is 85.1 Å². The average molecular weight is 713 g/mol. The van der Waals surface area contributed by atoms with Crippen LogP contribution >= 0.6 is 11.6 Å². The zero-order chi connectivity index (χ0) is 35.1. The molecule has 8 nitrogen and oxygen atoms in total. The predicted molar refractivity (Wildman–Crippen MR) is 204 cm³/mol. The summed E-state index contributed by atoms with van der Waals surface area (Å²) < 4.78 is 19.3. The van der Waals surface area contributed by atoms with Crippen molar-refractivity contribution in [1.29, 1.82) is 0 Å². The number of piperazine rings is 1. The highest BCUT2D eigenvalue weighted by Crippen LogP contribution is 2.41. The molecule has 1 amide bonds. The summed E-state index contributed by atoms with van der Waals surface area (Å²) >= 11 is 6.90. The van der Waals surface area contributed by atoms with E-state index in [1.165, 1.54) is 10.4 Å². The lowest BCUT2D eigenvalue weighted by molar-refractivity contribution is -0.127. The van der Waals surface area contributed by atoms with Crippen molar-refractivity contribution in [3.05, 3.63) is 90.1 Å². The summed E-state index contributed by atoms with van der Waals surface area (Å²) in [4.78, 5) is 22.2. The smallest absolute Gasteiger partial charge is 0.261 e. The van der Waals surface area contributed by atoms with Crippen LogP contribution < -0.4 is 20.6 Å². The Labute approximate surface area is 302 Å². The van der Waals surface area contributed by atoms with E-state index in [0.29, 0.717) is 24.1 Å². The number of nitrogens with one attached hydrogen (secondary N) is 1. The van der Waals surface area contributed by atoms with Crippen LogP contribution in [0.4, 0.5) is 11.5 Å². The molecule has 0 bridgehead atoms. The third-order valence-electron chi connectivity index (χ3n) is 11.3. The van der Waals surface area contributed by atoms with Gasteiger partial charge in [-0.3, -0.25) is 9.69 Å². The molecule has 4 aromatic rings. The van der Waals surface area contributed by atoms with Gasteiger partial charge in [-0.25, -0.2) is 4.98 Å². The van der Waals surface area contributed by atoms with E-state index in [4.69, 9.17) is 25.5 Å². The molecule has 10 heteroatoms. The minimum atomic E-state index is -2.76. The Morgan fingerprint density at radius 2 is 1.60 bits per heavy atom. The zero-order valence-electron chi connectivity index (χ0n) is 29.8. The van der Waals surface area contributed by atoms with E-state index in [9.17, 15) is 4.79 Å². The van der Waals surface area contributed by atoms with E-state index in [1.807, 2.05) is 12.1 Å². The van der Waals surface area contributed by atoms with Crippen molar-refractivity contribution in [2.24, 2.45) is 5.92 Å². The van der Waals surface area contributed by atoms with Crippen molar-refractivity contribution in [1.82, 2.24) is 9.88 Å². The molecule has 264 valence electrons. The number of nitrogens with zero attached hydrogens (tertiary/aromatic N) is 3. The summed E-state index contributed by atoms with van der Waals surface area (Å²) in [5, 5.41) is 8.09. The monoisotopic (exact) mass is 712 g/mol. The Bertz CT molecular complexity index is 1770. The topological polar surface area (TPSA) is 76.2 Å². The normalized spacial score (nSPS) is 24.7. The number of ether oxygens (including phenoxy) is 2. The van der Waals surface area contributed by atoms with Gasteiger partial charge in [-0.15, -0.1) is 0 Å². The number of benzene rings is 3. The first kappa shape index (κ1) is 35.1. The number of anilines is 2. The standard InChI is InChI=1S/C40H49ClN4O4Si/c1-39(2,3)50(32-12-8-6-9-13-32,33-14-10-7-11-15-33)49-36-26-48-27-40(36,4)45-18-16-44(17-19-45)35-23-28-24-37(42-25-30(28)22-34(35)41)43-38(46)29-20-31(21-29)47-5/h6-15,22-25,29,31,36H,16-21,26-27H2,1-5H3,(H,42,43,46).